The maximum Gasteiger partial charge on any atom is 0.409 e. The monoisotopic (exact) mass is 354 g/mol. The van der Waals surface area contributed by atoms with E-state index in [9.17, 15) is 14.4 Å². The molecular weight excluding hydrogens is 328 g/mol. The zero-order valence-electron chi connectivity index (χ0n) is 14.7. The van der Waals surface area contributed by atoms with Crippen LogP contribution in [-0.4, -0.2) is 65.8 Å². The predicted octanol–water partition coefficient (Wildman–Crippen LogP) is 0.227. The first-order valence-corrected chi connectivity index (χ1v) is 8.57. The van der Waals surface area contributed by atoms with Crippen LogP contribution in [0.1, 0.15) is 31.1 Å². The highest BCUT2D eigenvalue weighted by Crippen LogP contribution is 2.09. The lowest BCUT2D eigenvalue weighted by Crippen LogP contribution is -2.55. The molecule has 1 atom stereocenters. The second kappa shape index (κ2) is 8.70. The third-order valence-electron chi connectivity index (χ3n) is 4.31. The van der Waals surface area contributed by atoms with Crippen LogP contribution in [0.4, 0.5) is 4.79 Å². The molecule has 0 aliphatic carbocycles. The van der Waals surface area contributed by atoms with Gasteiger partial charge in [-0.25, -0.2) is 4.79 Å². The van der Waals surface area contributed by atoms with Crippen molar-refractivity contribution < 1.29 is 18.8 Å². The van der Waals surface area contributed by atoms with Crippen molar-refractivity contribution in [2.75, 3.05) is 32.8 Å². The molecule has 2 heterocycles. The minimum absolute atomic E-state index is 0.121. The summed E-state index contributed by atoms with van der Waals surface area (Å²) in [5, 5.41) is 2.23. The number of rotatable bonds is 6. The molecule has 0 spiro atoms. The minimum atomic E-state index is -0.819. The molecule has 2 rings (SSSR count). The summed E-state index contributed by atoms with van der Waals surface area (Å²) in [6.07, 6.45) is 1.58. The van der Waals surface area contributed by atoms with Crippen molar-refractivity contribution in [2.24, 2.45) is 5.73 Å². The fourth-order valence-corrected chi connectivity index (χ4v) is 2.69. The van der Waals surface area contributed by atoms with Crippen molar-refractivity contribution in [3.8, 4) is 0 Å². The predicted molar refractivity (Wildman–Crippen MR) is 90.2 cm³/mol. The van der Waals surface area contributed by atoms with Crippen LogP contribution in [0.3, 0.4) is 0 Å². The number of unbranched alkanes of at least 4 members (excludes halogenated alkanes) is 1. The summed E-state index contributed by atoms with van der Waals surface area (Å²) in [7, 11) is 0. The molecule has 3 N–H and O–H groups in total. The van der Waals surface area contributed by atoms with E-state index >= 15 is 0 Å². The van der Waals surface area contributed by atoms with Gasteiger partial charge < -0.3 is 24.8 Å². The largest absolute Gasteiger partial charge is 0.449 e. The average molecular weight is 354 g/mol. The molecule has 0 unspecified atom stereocenters. The van der Waals surface area contributed by atoms with Gasteiger partial charge in [-0.15, -0.1) is 0 Å². The molecule has 25 heavy (non-hydrogen) atoms. The lowest BCUT2D eigenvalue weighted by atomic mass is 10.1. The van der Waals surface area contributed by atoms with E-state index in [1.807, 2.05) is 6.92 Å². The van der Waals surface area contributed by atoms with Gasteiger partial charge in [0.1, 0.15) is 5.76 Å². The molecule has 9 heteroatoms. The highest BCUT2D eigenvalue weighted by Gasteiger charge is 2.28. The summed E-state index contributed by atoms with van der Waals surface area (Å²) >= 11 is 0. The Balaban J connectivity index is 1.82. The van der Waals surface area contributed by atoms with E-state index in [0.29, 0.717) is 44.1 Å². The smallest absolute Gasteiger partial charge is 0.409 e. The van der Waals surface area contributed by atoms with Gasteiger partial charge in [0.15, 0.2) is 0 Å². The fraction of sp³-hybridized carbons (Fsp3) is 0.688. The number of carbonyl (C=O) groups excluding carboxylic acids is 2. The number of nitrogens with two attached hydrogens (primary N) is 1. The van der Waals surface area contributed by atoms with Crippen LogP contribution in [0.15, 0.2) is 9.32 Å². The summed E-state index contributed by atoms with van der Waals surface area (Å²) < 4.78 is 10.1. The van der Waals surface area contributed by atoms with E-state index in [4.69, 9.17) is 15.0 Å². The minimum Gasteiger partial charge on any atom is -0.449 e. The van der Waals surface area contributed by atoms with Gasteiger partial charge in [-0.05, 0) is 13.3 Å². The van der Waals surface area contributed by atoms with Gasteiger partial charge in [0, 0.05) is 32.6 Å². The van der Waals surface area contributed by atoms with Crippen molar-refractivity contribution in [3.05, 3.63) is 21.7 Å². The third kappa shape index (κ3) is 4.85. The molecule has 1 fully saturated rings. The molecule has 0 aromatic carbocycles. The van der Waals surface area contributed by atoms with Gasteiger partial charge in [-0.2, -0.15) is 5.16 Å². The van der Waals surface area contributed by atoms with Crippen LogP contribution in [0.25, 0.3) is 0 Å². The van der Waals surface area contributed by atoms with Crippen LogP contribution in [0, 0.1) is 6.92 Å². The van der Waals surface area contributed by atoms with Gasteiger partial charge in [-0.3, -0.25) is 9.59 Å². The Hall–Kier alpha value is -2.29. The second-order valence-electron chi connectivity index (χ2n) is 6.16. The zero-order valence-corrected chi connectivity index (χ0v) is 14.7. The van der Waals surface area contributed by atoms with Crippen LogP contribution < -0.4 is 11.3 Å². The second-order valence-corrected chi connectivity index (χ2v) is 6.16. The molecule has 0 saturated carbocycles. The summed E-state index contributed by atoms with van der Waals surface area (Å²) in [6.45, 7) is 5.71. The molecule has 9 nitrogen and oxygen atoms in total. The van der Waals surface area contributed by atoms with E-state index in [0.717, 1.165) is 12.8 Å². The van der Waals surface area contributed by atoms with Crippen LogP contribution >= 0.6 is 0 Å². The Morgan fingerprint density at radius 2 is 1.92 bits per heavy atom. The van der Waals surface area contributed by atoms with E-state index in [1.165, 1.54) is 0 Å². The molecule has 1 saturated heterocycles. The fourth-order valence-electron chi connectivity index (χ4n) is 2.69. The lowest BCUT2D eigenvalue weighted by Gasteiger charge is -2.35. The molecular formula is C16H26N4O5. The molecule has 0 bridgehead atoms. The Morgan fingerprint density at radius 1 is 1.28 bits per heavy atom. The number of ether oxygens (including phenoxy) is 1. The summed E-state index contributed by atoms with van der Waals surface area (Å²) in [5.74, 6) is 0.201. The van der Waals surface area contributed by atoms with Gasteiger partial charge in [0.25, 0.3) is 5.56 Å². The number of piperazine rings is 1. The Kier molecular flexibility index (Phi) is 6.63. The zero-order chi connectivity index (χ0) is 18.4. The number of aryl methyl sites for hydroxylation is 1. The topological polar surface area (TPSA) is 122 Å². The van der Waals surface area contributed by atoms with Crippen LogP contribution in [0.2, 0.25) is 0 Å². The first kappa shape index (κ1) is 19.0. The summed E-state index contributed by atoms with van der Waals surface area (Å²) in [6, 6.07) is -0.819. The number of amides is 2. The molecule has 1 aliphatic rings. The maximum absolute atomic E-state index is 12.5. The Morgan fingerprint density at radius 3 is 2.48 bits per heavy atom. The number of aromatic amines is 1. The van der Waals surface area contributed by atoms with Crippen molar-refractivity contribution in [2.45, 2.75) is 39.2 Å². The molecule has 1 aromatic heterocycles. The standard InChI is InChI=1S/C16H26N4O5/c1-3-4-9-24-16(23)20-7-5-19(6-8-20)15(22)13(17)10-12-11(2)25-18-14(12)21/h13H,3-10,17H2,1-2H3,(H,18,21)/t13-/m0/s1. The van der Waals surface area contributed by atoms with E-state index < -0.39 is 6.04 Å². The van der Waals surface area contributed by atoms with Crippen molar-refractivity contribution in [1.29, 1.82) is 0 Å². The van der Waals surface area contributed by atoms with Crippen LogP contribution in [-0.2, 0) is 16.0 Å². The number of hydrogen-bond acceptors (Lipinski definition) is 6. The van der Waals surface area contributed by atoms with Crippen LogP contribution in [0.5, 0.6) is 0 Å². The van der Waals surface area contributed by atoms with E-state index in [-0.39, 0.29) is 24.0 Å². The van der Waals surface area contributed by atoms with Crippen molar-refractivity contribution >= 4 is 12.0 Å². The molecule has 0 radical (unpaired) electrons. The number of aromatic nitrogens is 1. The average Bonchev–Trinajstić information content (AvgIpc) is 2.93. The third-order valence-corrected chi connectivity index (χ3v) is 4.31. The molecule has 1 aromatic rings. The van der Waals surface area contributed by atoms with E-state index in [2.05, 4.69) is 5.16 Å². The van der Waals surface area contributed by atoms with Gasteiger partial charge in [-0.1, -0.05) is 13.3 Å². The number of hydrogen-bond donors (Lipinski definition) is 2. The van der Waals surface area contributed by atoms with Gasteiger partial charge in [0.05, 0.1) is 18.2 Å². The van der Waals surface area contributed by atoms with Gasteiger partial charge >= 0.3 is 6.09 Å². The maximum atomic E-state index is 12.5. The number of nitrogens with one attached hydrogen (secondary N) is 1. The quantitative estimate of drug-likeness (QED) is 0.705. The van der Waals surface area contributed by atoms with Crippen molar-refractivity contribution in [3.63, 3.8) is 0 Å². The SMILES string of the molecule is CCCCOC(=O)N1CCN(C(=O)[C@@H](N)Cc2c(C)o[nH]c2=O)CC1. The first-order chi connectivity index (χ1) is 11.9. The molecule has 140 valence electrons. The van der Waals surface area contributed by atoms with E-state index in [1.54, 1.807) is 16.7 Å². The Labute approximate surface area is 146 Å². The highest BCUT2D eigenvalue weighted by atomic mass is 16.6. The number of nitrogens with zero attached hydrogens (tertiary/aromatic N) is 2. The lowest BCUT2D eigenvalue weighted by molar-refractivity contribution is -0.134. The number of H-pyrrole nitrogens is 1. The highest BCUT2D eigenvalue weighted by molar-refractivity contribution is 5.82. The van der Waals surface area contributed by atoms with Gasteiger partial charge in [0.2, 0.25) is 5.91 Å². The summed E-state index contributed by atoms with van der Waals surface area (Å²) in [5.41, 5.74) is 5.99. The summed E-state index contributed by atoms with van der Waals surface area (Å²) in [4.78, 5) is 39.2. The number of carbonyl (C=O) groups is 2. The molecule has 2 amide bonds. The van der Waals surface area contributed by atoms with Crippen molar-refractivity contribution in [1.82, 2.24) is 15.0 Å². The normalized spacial score (nSPS) is 16.0. The Bertz CT molecular complexity index is 645. The molecule has 1 aliphatic heterocycles. The first-order valence-electron chi connectivity index (χ1n) is 8.57.